The van der Waals surface area contributed by atoms with Gasteiger partial charge in [-0.15, -0.1) is 5.10 Å². The Morgan fingerprint density at radius 2 is 1.50 bits per heavy atom. The normalized spacial score (nSPS) is 10.7. The van der Waals surface area contributed by atoms with Crippen LogP contribution in [0, 0.1) is 0 Å². The van der Waals surface area contributed by atoms with Crippen LogP contribution >= 0.6 is 0 Å². The Labute approximate surface area is 127 Å². The molecule has 2 heterocycles. The Morgan fingerprint density at radius 1 is 0.818 bits per heavy atom. The first-order valence-corrected chi connectivity index (χ1v) is 7.03. The molecule has 4 rings (SSSR count). The molecular formula is C18H13N3O. The molecule has 0 atom stereocenters. The first kappa shape index (κ1) is 12.6. The molecule has 0 aliphatic carbocycles. The summed E-state index contributed by atoms with van der Waals surface area (Å²) in [5, 5.41) is 7.97. The fourth-order valence-corrected chi connectivity index (χ4v) is 2.43. The summed E-state index contributed by atoms with van der Waals surface area (Å²) in [5.74, 6) is 1.59. The molecule has 0 amide bonds. The predicted octanol–water partition coefficient (Wildman–Crippen LogP) is 4.19. The molecule has 0 spiro atoms. The van der Waals surface area contributed by atoms with E-state index >= 15 is 0 Å². The number of hydrogen-bond donors (Lipinski definition) is 0. The summed E-state index contributed by atoms with van der Waals surface area (Å²) < 4.78 is 7.84. The highest BCUT2D eigenvalue weighted by molar-refractivity contribution is 5.73. The van der Waals surface area contributed by atoms with Crippen molar-refractivity contribution < 1.29 is 4.42 Å². The molecule has 0 radical (unpaired) electrons. The minimum atomic E-state index is 0.782. The molecule has 106 valence electrons. The van der Waals surface area contributed by atoms with E-state index in [4.69, 9.17) is 4.42 Å². The zero-order valence-electron chi connectivity index (χ0n) is 11.8. The van der Waals surface area contributed by atoms with Gasteiger partial charge < -0.3 is 4.42 Å². The van der Waals surface area contributed by atoms with Gasteiger partial charge in [-0.2, -0.15) is 0 Å². The van der Waals surface area contributed by atoms with Crippen LogP contribution in [-0.4, -0.2) is 15.0 Å². The second-order valence-corrected chi connectivity index (χ2v) is 4.90. The van der Waals surface area contributed by atoms with Crippen molar-refractivity contribution in [3.05, 3.63) is 79.1 Å². The summed E-state index contributed by atoms with van der Waals surface area (Å²) in [7, 11) is 0. The van der Waals surface area contributed by atoms with Crippen molar-refractivity contribution in [2.24, 2.45) is 0 Å². The molecule has 2 aromatic heterocycles. The molecule has 4 nitrogen and oxygen atoms in total. The standard InChI is InChI=1S/C18H13N3O/c1-3-7-14(8-4-1)17-13-16(21-12-11-19-20-21)18(22-17)15-9-5-2-6-10-15/h1-13H. The van der Waals surface area contributed by atoms with Gasteiger partial charge in [0.15, 0.2) is 5.76 Å². The molecule has 0 bridgehead atoms. The highest BCUT2D eigenvalue weighted by Crippen LogP contribution is 2.34. The van der Waals surface area contributed by atoms with Gasteiger partial charge in [0.05, 0.1) is 12.4 Å². The van der Waals surface area contributed by atoms with Crippen molar-refractivity contribution in [3.8, 4) is 28.3 Å². The first-order valence-electron chi connectivity index (χ1n) is 7.03. The van der Waals surface area contributed by atoms with Gasteiger partial charge >= 0.3 is 0 Å². The number of benzene rings is 2. The molecule has 4 aromatic rings. The van der Waals surface area contributed by atoms with E-state index in [1.165, 1.54) is 0 Å². The maximum atomic E-state index is 6.12. The molecular weight excluding hydrogens is 274 g/mol. The quantitative estimate of drug-likeness (QED) is 0.567. The van der Waals surface area contributed by atoms with Crippen molar-refractivity contribution in [1.82, 2.24) is 15.0 Å². The molecule has 0 saturated heterocycles. The topological polar surface area (TPSA) is 43.9 Å². The van der Waals surface area contributed by atoms with E-state index in [2.05, 4.69) is 10.3 Å². The zero-order valence-corrected chi connectivity index (χ0v) is 11.8. The van der Waals surface area contributed by atoms with Crippen LogP contribution in [0.4, 0.5) is 0 Å². The van der Waals surface area contributed by atoms with Crippen LogP contribution in [0.1, 0.15) is 0 Å². The van der Waals surface area contributed by atoms with Gasteiger partial charge in [-0.25, -0.2) is 4.68 Å². The van der Waals surface area contributed by atoms with Crippen molar-refractivity contribution in [3.63, 3.8) is 0 Å². The van der Waals surface area contributed by atoms with E-state index in [0.29, 0.717) is 0 Å². The van der Waals surface area contributed by atoms with E-state index < -0.39 is 0 Å². The summed E-state index contributed by atoms with van der Waals surface area (Å²) in [6, 6.07) is 22.0. The number of hydrogen-bond acceptors (Lipinski definition) is 3. The Hall–Kier alpha value is -3.14. The highest BCUT2D eigenvalue weighted by atomic mass is 16.3. The van der Waals surface area contributed by atoms with Gasteiger partial charge in [0, 0.05) is 17.2 Å². The lowest BCUT2D eigenvalue weighted by Crippen LogP contribution is -1.94. The Bertz CT molecular complexity index is 865. The average Bonchev–Trinajstić information content (AvgIpc) is 3.26. The Kier molecular flexibility index (Phi) is 3.05. The number of aromatic nitrogens is 3. The van der Waals surface area contributed by atoms with Gasteiger partial charge in [-0.05, 0) is 0 Å². The summed E-state index contributed by atoms with van der Waals surface area (Å²) in [6.07, 6.45) is 3.47. The van der Waals surface area contributed by atoms with Gasteiger partial charge in [0.2, 0.25) is 0 Å². The van der Waals surface area contributed by atoms with Crippen molar-refractivity contribution in [1.29, 1.82) is 0 Å². The fraction of sp³-hybridized carbons (Fsp3) is 0. The summed E-state index contributed by atoms with van der Waals surface area (Å²) in [6.45, 7) is 0. The molecule has 0 saturated carbocycles. The van der Waals surface area contributed by atoms with Crippen molar-refractivity contribution in [2.75, 3.05) is 0 Å². The smallest absolute Gasteiger partial charge is 0.160 e. The number of furan rings is 1. The van der Waals surface area contributed by atoms with E-state index in [1.807, 2.05) is 72.9 Å². The van der Waals surface area contributed by atoms with E-state index in [1.54, 1.807) is 10.9 Å². The highest BCUT2D eigenvalue weighted by Gasteiger charge is 2.16. The van der Waals surface area contributed by atoms with Gasteiger partial charge in [-0.1, -0.05) is 65.9 Å². The summed E-state index contributed by atoms with van der Waals surface area (Å²) in [5.41, 5.74) is 2.92. The molecule has 0 unspecified atom stereocenters. The van der Waals surface area contributed by atoms with E-state index in [0.717, 1.165) is 28.3 Å². The Morgan fingerprint density at radius 3 is 2.14 bits per heavy atom. The third kappa shape index (κ3) is 2.20. The minimum Gasteiger partial charge on any atom is -0.454 e. The van der Waals surface area contributed by atoms with Crippen LogP contribution in [0.2, 0.25) is 0 Å². The first-order chi connectivity index (χ1) is 10.9. The second-order valence-electron chi connectivity index (χ2n) is 4.90. The lowest BCUT2D eigenvalue weighted by Gasteiger charge is -2.01. The van der Waals surface area contributed by atoms with Crippen molar-refractivity contribution in [2.45, 2.75) is 0 Å². The second kappa shape index (κ2) is 5.33. The van der Waals surface area contributed by atoms with Crippen LogP contribution in [-0.2, 0) is 0 Å². The molecule has 4 heteroatoms. The lowest BCUT2D eigenvalue weighted by molar-refractivity contribution is 0.594. The maximum absolute atomic E-state index is 6.12. The van der Waals surface area contributed by atoms with Crippen LogP contribution < -0.4 is 0 Å². The molecule has 22 heavy (non-hydrogen) atoms. The molecule has 2 aromatic carbocycles. The average molecular weight is 287 g/mol. The zero-order chi connectivity index (χ0) is 14.8. The fourth-order valence-electron chi connectivity index (χ4n) is 2.43. The molecule has 0 N–H and O–H groups in total. The molecule has 0 fully saturated rings. The summed E-state index contributed by atoms with van der Waals surface area (Å²) in [4.78, 5) is 0. The largest absolute Gasteiger partial charge is 0.454 e. The van der Waals surface area contributed by atoms with Crippen LogP contribution in [0.5, 0.6) is 0 Å². The van der Waals surface area contributed by atoms with E-state index in [9.17, 15) is 0 Å². The Balaban J connectivity index is 1.91. The van der Waals surface area contributed by atoms with Crippen LogP contribution in [0.3, 0.4) is 0 Å². The summed E-state index contributed by atoms with van der Waals surface area (Å²) >= 11 is 0. The predicted molar refractivity (Wildman–Crippen MR) is 84.5 cm³/mol. The van der Waals surface area contributed by atoms with E-state index in [-0.39, 0.29) is 0 Å². The monoisotopic (exact) mass is 287 g/mol. The molecule has 0 aliphatic heterocycles. The molecule has 0 aliphatic rings. The van der Waals surface area contributed by atoms with Gasteiger partial charge in [0.25, 0.3) is 0 Å². The minimum absolute atomic E-state index is 0.782. The number of nitrogens with zero attached hydrogens (tertiary/aromatic N) is 3. The third-order valence-electron chi connectivity index (χ3n) is 3.48. The van der Waals surface area contributed by atoms with Gasteiger partial charge in [-0.3, -0.25) is 0 Å². The van der Waals surface area contributed by atoms with Crippen LogP contribution in [0.15, 0.2) is 83.5 Å². The van der Waals surface area contributed by atoms with Crippen molar-refractivity contribution >= 4 is 0 Å². The number of rotatable bonds is 3. The third-order valence-corrected chi connectivity index (χ3v) is 3.48. The van der Waals surface area contributed by atoms with Gasteiger partial charge in [0.1, 0.15) is 11.4 Å². The lowest BCUT2D eigenvalue weighted by atomic mass is 10.1. The van der Waals surface area contributed by atoms with Crippen LogP contribution in [0.25, 0.3) is 28.3 Å². The maximum Gasteiger partial charge on any atom is 0.160 e. The SMILES string of the molecule is c1ccc(-c2cc(-n3ccnn3)c(-c3ccccc3)o2)cc1.